The number of hydrogen-bond donors (Lipinski definition) is 3. The molecule has 84 valence electrons. The van der Waals surface area contributed by atoms with Crippen LogP contribution in [0.3, 0.4) is 0 Å². The summed E-state index contributed by atoms with van der Waals surface area (Å²) in [5, 5.41) is 10.3. The molecule has 0 aromatic heterocycles. The molecule has 1 aliphatic carbocycles. The molecule has 0 spiro atoms. The summed E-state index contributed by atoms with van der Waals surface area (Å²) in [5.74, 6) is 0. The second-order valence-corrected chi connectivity index (χ2v) is 4.16. The zero-order valence-electron chi connectivity index (χ0n) is 9.60. The Morgan fingerprint density at radius 3 is 2.00 bits per heavy atom. The van der Waals surface area contributed by atoms with Gasteiger partial charge >= 0.3 is 0 Å². The summed E-state index contributed by atoms with van der Waals surface area (Å²) in [6.45, 7) is 5.49. The van der Waals surface area contributed by atoms with E-state index in [4.69, 9.17) is 0 Å². The summed E-state index contributed by atoms with van der Waals surface area (Å²) in [7, 11) is 2.00. The molecule has 1 rings (SSSR count). The predicted molar refractivity (Wildman–Crippen MR) is 61.7 cm³/mol. The molecule has 0 aliphatic heterocycles. The van der Waals surface area contributed by atoms with Gasteiger partial charge in [0, 0.05) is 25.2 Å². The third-order valence-electron chi connectivity index (χ3n) is 3.03. The normalized spacial score (nSPS) is 27.9. The van der Waals surface area contributed by atoms with E-state index in [1.807, 2.05) is 7.05 Å². The van der Waals surface area contributed by atoms with E-state index in [1.54, 1.807) is 0 Å². The first-order chi connectivity index (χ1) is 6.86. The lowest BCUT2D eigenvalue weighted by atomic mass is 9.91. The average Bonchev–Trinajstić information content (AvgIpc) is 2.21. The van der Waals surface area contributed by atoms with Crippen molar-refractivity contribution >= 4 is 0 Å². The maximum absolute atomic E-state index is 3.59. The molecular weight excluding hydrogens is 174 g/mol. The lowest BCUT2D eigenvalue weighted by Gasteiger charge is -2.29. The van der Waals surface area contributed by atoms with Gasteiger partial charge in [0.15, 0.2) is 0 Å². The Hall–Kier alpha value is -0.120. The second-order valence-electron chi connectivity index (χ2n) is 4.16. The maximum atomic E-state index is 3.59. The van der Waals surface area contributed by atoms with E-state index in [0.29, 0.717) is 0 Å². The number of likely N-dealkylation sites (N-methyl/N-ethyl adjacent to an activating group) is 1. The largest absolute Gasteiger partial charge is 0.318 e. The summed E-state index contributed by atoms with van der Waals surface area (Å²) in [6.07, 6.45) is 5.35. The molecule has 0 amide bonds. The minimum Gasteiger partial charge on any atom is -0.318 e. The fraction of sp³-hybridized carbons (Fsp3) is 1.00. The first-order valence-corrected chi connectivity index (χ1v) is 5.98. The molecule has 14 heavy (non-hydrogen) atoms. The van der Waals surface area contributed by atoms with E-state index in [0.717, 1.165) is 31.7 Å². The maximum Gasteiger partial charge on any atom is 0.00792 e. The third kappa shape index (κ3) is 4.40. The standard InChI is InChI=1S/C11H25N3/c1-3-13-10-4-6-11(7-5-10)14-9-8-12-2/h10-14H,3-9H2,1-2H3. The van der Waals surface area contributed by atoms with E-state index in [1.165, 1.54) is 25.7 Å². The summed E-state index contributed by atoms with van der Waals surface area (Å²) < 4.78 is 0. The molecule has 0 atom stereocenters. The molecule has 0 bridgehead atoms. The molecule has 3 N–H and O–H groups in total. The SMILES string of the molecule is CCNC1CCC(NCCNC)CC1. The molecule has 0 radical (unpaired) electrons. The van der Waals surface area contributed by atoms with Crippen molar-refractivity contribution in [3.05, 3.63) is 0 Å². The van der Waals surface area contributed by atoms with Crippen molar-refractivity contribution < 1.29 is 0 Å². The van der Waals surface area contributed by atoms with Gasteiger partial charge in [-0.3, -0.25) is 0 Å². The Balaban J connectivity index is 2.03. The van der Waals surface area contributed by atoms with Crippen molar-refractivity contribution in [2.45, 2.75) is 44.7 Å². The zero-order chi connectivity index (χ0) is 10.2. The molecular formula is C11H25N3. The quantitative estimate of drug-likeness (QED) is 0.552. The molecule has 0 aromatic carbocycles. The fourth-order valence-corrected chi connectivity index (χ4v) is 2.19. The Kier molecular flexibility index (Phi) is 6.15. The first-order valence-electron chi connectivity index (χ1n) is 5.98. The Labute approximate surface area is 88.0 Å². The van der Waals surface area contributed by atoms with Crippen LogP contribution < -0.4 is 16.0 Å². The summed E-state index contributed by atoms with van der Waals surface area (Å²) >= 11 is 0. The fourth-order valence-electron chi connectivity index (χ4n) is 2.19. The van der Waals surface area contributed by atoms with Gasteiger partial charge in [0.1, 0.15) is 0 Å². The highest BCUT2D eigenvalue weighted by atomic mass is 15.0. The van der Waals surface area contributed by atoms with Crippen LogP contribution in [0.4, 0.5) is 0 Å². The van der Waals surface area contributed by atoms with Crippen molar-refractivity contribution in [1.82, 2.24) is 16.0 Å². The summed E-state index contributed by atoms with van der Waals surface area (Å²) in [4.78, 5) is 0. The van der Waals surface area contributed by atoms with Crippen LogP contribution >= 0.6 is 0 Å². The van der Waals surface area contributed by atoms with Gasteiger partial charge < -0.3 is 16.0 Å². The molecule has 0 unspecified atom stereocenters. The molecule has 1 saturated carbocycles. The first kappa shape index (κ1) is 12.0. The second kappa shape index (κ2) is 7.21. The minimum absolute atomic E-state index is 0.762. The van der Waals surface area contributed by atoms with Crippen molar-refractivity contribution in [1.29, 1.82) is 0 Å². The van der Waals surface area contributed by atoms with E-state index in [-0.39, 0.29) is 0 Å². The third-order valence-corrected chi connectivity index (χ3v) is 3.03. The van der Waals surface area contributed by atoms with Gasteiger partial charge in [0.2, 0.25) is 0 Å². The summed E-state index contributed by atoms with van der Waals surface area (Å²) in [6, 6.07) is 1.54. The molecule has 0 aromatic rings. The van der Waals surface area contributed by atoms with Crippen molar-refractivity contribution in [2.75, 3.05) is 26.7 Å². The van der Waals surface area contributed by atoms with Crippen molar-refractivity contribution in [3.8, 4) is 0 Å². The molecule has 3 nitrogen and oxygen atoms in total. The zero-order valence-corrected chi connectivity index (χ0v) is 9.60. The van der Waals surface area contributed by atoms with Crippen LogP contribution in [0.15, 0.2) is 0 Å². The van der Waals surface area contributed by atoms with Crippen LogP contribution in [0.5, 0.6) is 0 Å². The lowest BCUT2D eigenvalue weighted by Crippen LogP contribution is -2.41. The van der Waals surface area contributed by atoms with Gasteiger partial charge in [-0.15, -0.1) is 0 Å². The number of hydrogen-bond acceptors (Lipinski definition) is 3. The summed E-state index contributed by atoms with van der Waals surface area (Å²) in [5.41, 5.74) is 0. The smallest absolute Gasteiger partial charge is 0.00792 e. The molecule has 3 heteroatoms. The van der Waals surface area contributed by atoms with Crippen LogP contribution in [0.25, 0.3) is 0 Å². The van der Waals surface area contributed by atoms with Crippen LogP contribution in [-0.2, 0) is 0 Å². The minimum atomic E-state index is 0.762. The van der Waals surface area contributed by atoms with Gasteiger partial charge in [-0.05, 0) is 39.3 Å². The van der Waals surface area contributed by atoms with Crippen LogP contribution in [-0.4, -0.2) is 38.8 Å². The molecule has 0 heterocycles. The molecule has 1 aliphatic rings. The Morgan fingerprint density at radius 2 is 1.50 bits per heavy atom. The van der Waals surface area contributed by atoms with Crippen molar-refractivity contribution in [3.63, 3.8) is 0 Å². The van der Waals surface area contributed by atoms with Crippen molar-refractivity contribution in [2.24, 2.45) is 0 Å². The highest BCUT2D eigenvalue weighted by molar-refractivity contribution is 4.80. The lowest BCUT2D eigenvalue weighted by molar-refractivity contribution is 0.311. The van der Waals surface area contributed by atoms with Crippen LogP contribution in [0, 0.1) is 0 Å². The topological polar surface area (TPSA) is 36.1 Å². The molecule has 1 fully saturated rings. The van der Waals surface area contributed by atoms with Gasteiger partial charge in [0.05, 0.1) is 0 Å². The predicted octanol–water partition coefficient (Wildman–Crippen LogP) is 0.716. The van der Waals surface area contributed by atoms with Gasteiger partial charge in [-0.2, -0.15) is 0 Å². The highest BCUT2D eigenvalue weighted by Gasteiger charge is 2.19. The van der Waals surface area contributed by atoms with Gasteiger partial charge in [-0.25, -0.2) is 0 Å². The highest BCUT2D eigenvalue weighted by Crippen LogP contribution is 2.18. The molecule has 0 saturated heterocycles. The monoisotopic (exact) mass is 199 g/mol. The van der Waals surface area contributed by atoms with Gasteiger partial charge in [-0.1, -0.05) is 6.92 Å². The number of nitrogens with one attached hydrogen (secondary N) is 3. The van der Waals surface area contributed by atoms with E-state index >= 15 is 0 Å². The average molecular weight is 199 g/mol. The van der Waals surface area contributed by atoms with E-state index in [9.17, 15) is 0 Å². The van der Waals surface area contributed by atoms with E-state index < -0.39 is 0 Å². The Morgan fingerprint density at radius 1 is 0.929 bits per heavy atom. The Bertz CT molecular complexity index is 130. The number of rotatable bonds is 6. The van der Waals surface area contributed by atoms with Gasteiger partial charge in [0.25, 0.3) is 0 Å². The van der Waals surface area contributed by atoms with Crippen LogP contribution in [0.2, 0.25) is 0 Å². The van der Waals surface area contributed by atoms with Crippen LogP contribution in [0.1, 0.15) is 32.6 Å². The van der Waals surface area contributed by atoms with E-state index in [2.05, 4.69) is 22.9 Å².